The molecule has 0 unspecified atom stereocenters. The highest BCUT2D eigenvalue weighted by atomic mass is 32.2. The molecular weight excluding hydrogens is 452 g/mol. The fourth-order valence-electron chi connectivity index (χ4n) is 4.27. The Morgan fingerprint density at radius 3 is 2.85 bits per heavy atom. The number of hydrogen-bond donors (Lipinski definition) is 0. The number of fused-ring (bicyclic) bond motifs is 2. The summed E-state index contributed by atoms with van der Waals surface area (Å²) in [6, 6.07) is 13.1. The van der Waals surface area contributed by atoms with Gasteiger partial charge in [-0.05, 0) is 67.3 Å². The number of carbonyl (C=O) groups is 1. The average molecular weight is 473 g/mol. The second kappa shape index (κ2) is 8.97. The number of Topliss-reactive ketones (excluding diaryl/α,β-unsaturated/α-hetero) is 1. The van der Waals surface area contributed by atoms with E-state index in [9.17, 15) is 14.9 Å². The van der Waals surface area contributed by atoms with Crippen molar-refractivity contribution in [3.05, 3.63) is 80.1 Å². The van der Waals surface area contributed by atoms with E-state index in [0.717, 1.165) is 52.9 Å². The van der Waals surface area contributed by atoms with Crippen LogP contribution in [0.2, 0.25) is 0 Å². The number of hydrogen-bond acceptors (Lipinski definition) is 7. The number of rotatable bonds is 5. The van der Waals surface area contributed by atoms with Crippen LogP contribution in [0.4, 0.5) is 0 Å². The van der Waals surface area contributed by atoms with Crippen LogP contribution in [0.5, 0.6) is 0 Å². The Balaban J connectivity index is 1.52. The molecule has 0 bridgehead atoms. The minimum absolute atomic E-state index is 0.00638. The third kappa shape index (κ3) is 4.01. The van der Waals surface area contributed by atoms with Gasteiger partial charge in [0.25, 0.3) is 0 Å². The van der Waals surface area contributed by atoms with E-state index in [2.05, 4.69) is 19.1 Å². The summed E-state index contributed by atoms with van der Waals surface area (Å²) in [5, 5.41) is 13.4. The Morgan fingerprint density at radius 1 is 1.24 bits per heavy atom. The van der Waals surface area contributed by atoms with E-state index in [0.29, 0.717) is 21.6 Å². The number of aromatic nitrogens is 1. The fraction of sp³-hybridized carbons (Fsp3) is 0.231. The largest absolute Gasteiger partial charge is 0.422 e. The first-order valence-electron chi connectivity index (χ1n) is 10.8. The third-order valence-corrected chi connectivity index (χ3v) is 7.93. The molecule has 1 aliphatic rings. The molecule has 0 saturated heterocycles. The van der Waals surface area contributed by atoms with Crippen molar-refractivity contribution in [3.8, 4) is 16.5 Å². The molecule has 1 aromatic carbocycles. The SMILES string of the molecule is Cc1ccsc1-c1c(C#N)c(SCC(=O)c2cc3ccccc3oc2=O)nc2c1CCCC2. The van der Waals surface area contributed by atoms with Crippen molar-refractivity contribution < 1.29 is 9.21 Å². The number of pyridine rings is 1. The fourth-order valence-corrected chi connectivity index (χ4v) is 6.17. The number of benzene rings is 1. The Hall–Kier alpha value is -3.21. The Kier molecular flexibility index (Phi) is 5.88. The maximum Gasteiger partial charge on any atom is 0.347 e. The second-order valence-corrected chi connectivity index (χ2v) is 9.92. The van der Waals surface area contributed by atoms with Gasteiger partial charge in [0, 0.05) is 21.5 Å². The van der Waals surface area contributed by atoms with Gasteiger partial charge in [-0.25, -0.2) is 9.78 Å². The van der Waals surface area contributed by atoms with Gasteiger partial charge in [-0.1, -0.05) is 30.0 Å². The summed E-state index contributed by atoms with van der Waals surface area (Å²) in [6.45, 7) is 2.05. The molecular formula is C26H20N2O3S2. The summed E-state index contributed by atoms with van der Waals surface area (Å²) in [4.78, 5) is 31.2. The second-order valence-electron chi connectivity index (χ2n) is 8.04. The molecule has 0 atom stereocenters. The molecule has 0 spiro atoms. The van der Waals surface area contributed by atoms with Crippen LogP contribution in [0.1, 0.15) is 45.6 Å². The predicted octanol–water partition coefficient (Wildman–Crippen LogP) is 5.95. The molecule has 0 aliphatic heterocycles. The number of carbonyl (C=O) groups excluding carboxylic acids is 1. The molecule has 4 aromatic rings. The topological polar surface area (TPSA) is 84.0 Å². The molecule has 1 aliphatic carbocycles. The average Bonchev–Trinajstić information content (AvgIpc) is 3.26. The minimum Gasteiger partial charge on any atom is -0.422 e. The van der Waals surface area contributed by atoms with Crippen molar-refractivity contribution in [1.29, 1.82) is 5.26 Å². The lowest BCUT2D eigenvalue weighted by Crippen LogP contribution is -2.16. The van der Waals surface area contributed by atoms with Crippen molar-refractivity contribution in [2.75, 3.05) is 5.75 Å². The zero-order chi connectivity index (χ0) is 22.9. The molecule has 164 valence electrons. The molecule has 5 nitrogen and oxygen atoms in total. The predicted molar refractivity (Wildman–Crippen MR) is 131 cm³/mol. The monoisotopic (exact) mass is 472 g/mol. The van der Waals surface area contributed by atoms with Crippen molar-refractivity contribution in [2.24, 2.45) is 0 Å². The van der Waals surface area contributed by atoms with E-state index >= 15 is 0 Å². The first kappa shape index (κ1) is 21.6. The summed E-state index contributed by atoms with van der Waals surface area (Å²) < 4.78 is 5.31. The van der Waals surface area contributed by atoms with Gasteiger partial charge in [-0.15, -0.1) is 11.3 Å². The van der Waals surface area contributed by atoms with Gasteiger partial charge >= 0.3 is 5.63 Å². The van der Waals surface area contributed by atoms with Crippen LogP contribution >= 0.6 is 23.1 Å². The molecule has 0 radical (unpaired) electrons. The van der Waals surface area contributed by atoms with Gasteiger partial charge in [0.1, 0.15) is 22.2 Å². The van der Waals surface area contributed by atoms with E-state index in [1.54, 1.807) is 35.6 Å². The number of nitriles is 1. The lowest BCUT2D eigenvalue weighted by Gasteiger charge is -2.21. The maximum atomic E-state index is 12.9. The lowest BCUT2D eigenvalue weighted by atomic mass is 9.89. The summed E-state index contributed by atoms with van der Waals surface area (Å²) in [5.41, 5.74) is 4.62. The number of ketones is 1. The number of aryl methyl sites for hydroxylation is 2. The van der Waals surface area contributed by atoms with Crippen LogP contribution in [0.25, 0.3) is 21.4 Å². The van der Waals surface area contributed by atoms with E-state index in [1.165, 1.54) is 11.8 Å². The van der Waals surface area contributed by atoms with E-state index in [4.69, 9.17) is 9.40 Å². The van der Waals surface area contributed by atoms with Crippen LogP contribution in [-0.2, 0) is 12.8 Å². The zero-order valence-electron chi connectivity index (χ0n) is 18.0. The van der Waals surface area contributed by atoms with Gasteiger partial charge in [0.2, 0.25) is 0 Å². The zero-order valence-corrected chi connectivity index (χ0v) is 19.6. The molecule has 0 saturated carbocycles. The number of para-hydroxylation sites is 1. The first-order valence-corrected chi connectivity index (χ1v) is 12.6. The smallest absolute Gasteiger partial charge is 0.347 e. The van der Waals surface area contributed by atoms with Gasteiger partial charge < -0.3 is 4.42 Å². The quantitative estimate of drug-likeness (QED) is 0.203. The summed E-state index contributed by atoms with van der Waals surface area (Å²) in [5.74, 6) is -0.330. The number of nitrogens with zero attached hydrogens (tertiary/aromatic N) is 2. The van der Waals surface area contributed by atoms with Crippen LogP contribution in [-0.4, -0.2) is 16.5 Å². The highest BCUT2D eigenvalue weighted by Crippen LogP contribution is 2.41. The standard InChI is InChI=1S/C26H20N2O3S2/c1-15-10-11-32-24(15)23-17-7-3-4-8-20(17)28-25(19(23)13-27)33-14-21(29)18-12-16-6-2-5-9-22(16)31-26(18)30/h2,5-6,9-12H,3-4,7-8,14H2,1H3. The molecule has 0 fully saturated rings. The van der Waals surface area contributed by atoms with Gasteiger partial charge in [-0.2, -0.15) is 5.26 Å². The van der Waals surface area contributed by atoms with E-state index < -0.39 is 5.63 Å². The van der Waals surface area contributed by atoms with Crippen molar-refractivity contribution in [2.45, 2.75) is 37.6 Å². The first-order chi connectivity index (χ1) is 16.1. The van der Waals surface area contributed by atoms with Crippen molar-refractivity contribution in [3.63, 3.8) is 0 Å². The number of thiophene rings is 1. The van der Waals surface area contributed by atoms with E-state index in [1.807, 2.05) is 11.4 Å². The van der Waals surface area contributed by atoms with Crippen molar-refractivity contribution >= 4 is 39.9 Å². The summed E-state index contributed by atoms with van der Waals surface area (Å²) in [7, 11) is 0. The molecule has 3 aromatic heterocycles. The van der Waals surface area contributed by atoms with Crippen LogP contribution < -0.4 is 5.63 Å². The van der Waals surface area contributed by atoms with E-state index in [-0.39, 0.29) is 17.1 Å². The molecule has 0 N–H and O–H groups in total. The Morgan fingerprint density at radius 2 is 2.06 bits per heavy atom. The highest BCUT2D eigenvalue weighted by molar-refractivity contribution is 8.00. The van der Waals surface area contributed by atoms with Gasteiger partial charge in [0.15, 0.2) is 5.78 Å². The number of thioether (sulfide) groups is 1. The summed E-state index contributed by atoms with van der Waals surface area (Å²) >= 11 is 2.85. The van der Waals surface area contributed by atoms with Gasteiger partial charge in [-0.3, -0.25) is 4.79 Å². The molecule has 5 rings (SSSR count). The molecule has 0 amide bonds. The Labute approximate surface area is 199 Å². The third-order valence-electron chi connectivity index (χ3n) is 5.92. The Bertz CT molecular complexity index is 1490. The molecule has 3 heterocycles. The summed E-state index contributed by atoms with van der Waals surface area (Å²) in [6.07, 6.45) is 3.93. The van der Waals surface area contributed by atoms with Crippen LogP contribution in [0.3, 0.4) is 0 Å². The normalized spacial score (nSPS) is 13.0. The van der Waals surface area contributed by atoms with Gasteiger partial charge in [0.05, 0.1) is 11.3 Å². The highest BCUT2D eigenvalue weighted by Gasteiger charge is 2.25. The van der Waals surface area contributed by atoms with Crippen LogP contribution in [0, 0.1) is 18.3 Å². The van der Waals surface area contributed by atoms with Crippen molar-refractivity contribution in [1.82, 2.24) is 4.98 Å². The molecule has 33 heavy (non-hydrogen) atoms. The minimum atomic E-state index is -0.645. The van der Waals surface area contributed by atoms with Crippen LogP contribution in [0.15, 0.2) is 56.0 Å². The lowest BCUT2D eigenvalue weighted by molar-refractivity contribution is 0.101. The maximum absolute atomic E-state index is 12.9. The molecule has 7 heteroatoms.